The second-order valence-corrected chi connectivity index (χ2v) is 8.59. The molecule has 138 valence electrons. The lowest BCUT2D eigenvalue weighted by atomic mass is 9.64. The highest BCUT2D eigenvalue weighted by atomic mass is 19.1. The molecule has 3 nitrogen and oxygen atoms in total. The largest absolute Gasteiger partial charge is 0.384 e. The second-order valence-electron chi connectivity index (χ2n) is 8.59. The van der Waals surface area contributed by atoms with Crippen molar-refractivity contribution < 1.29 is 9.50 Å². The van der Waals surface area contributed by atoms with Crippen LogP contribution in [0.3, 0.4) is 0 Å². The average molecular weight is 354 g/mol. The first-order valence-electron chi connectivity index (χ1n) is 9.48. The predicted molar refractivity (Wildman–Crippen MR) is 101 cm³/mol. The van der Waals surface area contributed by atoms with Crippen LogP contribution in [0, 0.1) is 17.2 Å². The molecule has 26 heavy (non-hydrogen) atoms. The maximum absolute atomic E-state index is 14.8. The number of likely N-dealkylation sites (tertiary alicyclic amines) is 1. The number of nitrogens with zero attached hydrogens (tertiary/aromatic N) is 2. The van der Waals surface area contributed by atoms with Crippen LogP contribution in [0.25, 0.3) is 11.1 Å². The Kier molecular flexibility index (Phi) is 4.16. The summed E-state index contributed by atoms with van der Waals surface area (Å²) in [5, 5.41) is 12.1. The first-order chi connectivity index (χ1) is 12.3. The number of piperidine rings is 1. The molecule has 0 amide bonds. The minimum absolute atomic E-state index is 0.136. The summed E-state index contributed by atoms with van der Waals surface area (Å²) in [5.41, 5.74) is 1.99. The van der Waals surface area contributed by atoms with Crippen LogP contribution in [-0.2, 0) is 12.0 Å². The number of fused-ring (bicyclic) bond motifs is 1. The molecule has 1 atom stereocenters. The number of hydrogen-bond donors (Lipinski definition) is 1. The lowest BCUT2D eigenvalue weighted by Gasteiger charge is -2.47. The van der Waals surface area contributed by atoms with Crippen LogP contribution in [0.15, 0.2) is 36.7 Å². The molecule has 0 saturated carbocycles. The van der Waals surface area contributed by atoms with Gasteiger partial charge in [0, 0.05) is 17.8 Å². The van der Waals surface area contributed by atoms with Crippen LogP contribution < -0.4 is 0 Å². The molecule has 2 aromatic rings. The van der Waals surface area contributed by atoms with Gasteiger partial charge in [0.25, 0.3) is 0 Å². The van der Waals surface area contributed by atoms with Gasteiger partial charge < -0.3 is 10.0 Å². The van der Waals surface area contributed by atoms with Gasteiger partial charge >= 0.3 is 0 Å². The third-order valence-corrected chi connectivity index (χ3v) is 6.59. The Morgan fingerprint density at radius 3 is 2.42 bits per heavy atom. The van der Waals surface area contributed by atoms with Crippen molar-refractivity contribution in [2.75, 3.05) is 20.1 Å². The molecular weight excluding hydrogens is 327 g/mol. The molecule has 1 N–H and O–H groups in total. The van der Waals surface area contributed by atoms with Crippen molar-refractivity contribution in [2.24, 2.45) is 11.3 Å². The molecule has 1 aliphatic carbocycles. The van der Waals surface area contributed by atoms with Crippen molar-refractivity contribution in [2.45, 2.75) is 38.7 Å². The van der Waals surface area contributed by atoms with E-state index >= 15 is 0 Å². The molecule has 1 aromatic carbocycles. The van der Waals surface area contributed by atoms with Crippen LogP contribution >= 0.6 is 0 Å². The highest BCUT2D eigenvalue weighted by molar-refractivity contribution is 5.71. The lowest BCUT2D eigenvalue weighted by Crippen LogP contribution is -2.49. The smallest absolute Gasteiger partial charge is 0.126 e. The van der Waals surface area contributed by atoms with E-state index in [1.54, 1.807) is 18.5 Å². The van der Waals surface area contributed by atoms with Gasteiger partial charge in [0.2, 0.25) is 0 Å². The minimum atomic E-state index is -1.02. The summed E-state index contributed by atoms with van der Waals surface area (Å²) >= 11 is 0. The van der Waals surface area contributed by atoms with Crippen LogP contribution in [0.4, 0.5) is 4.39 Å². The molecule has 1 aromatic heterocycles. The highest BCUT2D eigenvalue weighted by Gasteiger charge is 2.57. The van der Waals surface area contributed by atoms with E-state index in [-0.39, 0.29) is 11.7 Å². The van der Waals surface area contributed by atoms with Gasteiger partial charge in [-0.25, -0.2) is 4.39 Å². The summed E-state index contributed by atoms with van der Waals surface area (Å²) in [7, 11) is 2.12. The van der Waals surface area contributed by atoms with E-state index in [1.807, 2.05) is 18.2 Å². The van der Waals surface area contributed by atoms with Crippen molar-refractivity contribution in [3.63, 3.8) is 0 Å². The minimum Gasteiger partial charge on any atom is -0.384 e. The molecule has 0 bridgehead atoms. The van der Waals surface area contributed by atoms with Crippen molar-refractivity contribution in [3.8, 4) is 11.1 Å². The van der Waals surface area contributed by atoms with E-state index in [9.17, 15) is 9.50 Å². The Balaban J connectivity index is 1.92. The van der Waals surface area contributed by atoms with E-state index < -0.39 is 11.0 Å². The van der Waals surface area contributed by atoms with Crippen LogP contribution in [-0.4, -0.2) is 35.1 Å². The molecule has 1 fully saturated rings. The molecular formula is C22H27FN2O. The quantitative estimate of drug-likeness (QED) is 0.886. The van der Waals surface area contributed by atoms with Crippen LogP contribution in [0.5, 0.6) is 0 Å². The van der Waals surface area contributed by atoms with Gasteiger partial charge in [-0.2, -0.15) is 0 Å². The van der Waals surface area contributed by atoms with Gasteiger partial charge in [-0.3, -0.25) is 4.98 Å². The van der Waals surface area contributed by atoms with E-state index in [0.717, 1.165) is 42.6 Å². The molecule has 2 heterocycles. The van der Waals surface area contributed by atoms with E-state index in [4.69, 9.17) is 0 Å². The van der Waals surface area contributed by atoms with Gasteiger partial charge in [-0.1, -0.05) is 19.9 Å². The summed E-state index contributed by atoms with van der Waals surface area (Å²) in [5.74, 6) is -0.0629. The molecule has 0 spiro atoms. The number of pyridine rings is 1. The summed E-state index contributed by atoms with van der Waals surface area (Å²) in [6.45, 7) is 6.11. The van der Waals surface area contributed by atoms with Crippen molar-refractivity contribution >= 4 is 0 Å². The Morgan fingerprint density at radius 1 is 1.12 bits per heavy atom. The fraction of sp³-hybridized carbons (Fsp3) is 0.500. The fourth-order valence-electron chi connectivity index (χ4n) is 5.10. The molecule has 2 aliphatic rings. The standard InChI is InChI=1S/C22H27FN2O/c1-21(2)14-18-19(23)5-4-17(15-6-10-24-11-7-15)20(18)22(21,26)16-8-12-25(3)13-9-16/h4-7,10-11,16,26H,8-9,12-14H2,1-3H3. The third-order valence-electron chi connectivity index (χ3n) is 6.59. The Labute approximate surface area is 154 Å². The van der Waals surface area contributed by atoms with Crippen molar-refractivity contribution in [1.82, 2.24) is 9.88 Å². The first kappa shape index (κ1) is 17.6. The molecule has 4 heteroatoms. The summed E-state index contributed by atoms with van der Waals surface area (Å²) in [6.07, 6.45) is 5.93. The normalized spacial score (nSPS) is 26.0. The number of halogens is 1. The Morgan fingerprint density at radius 2 is 1.77 bits per heavy atom. The summed E-state index contributed by atoms with van der Waals surface area (Å²) in [6, 6.07) is 7.25. The molecule has 1 saturated heterocycles. The Hall–Kier alpha value is -1.78. The Bertz CT molecular complexity index is 812. The number of aliphatic hydroxyl groups is 1. The van der Waals surface area contributed by atoms with E-state index in [2.05, 4.69) is 30.8 Å². The molecule has 1 unspecified atom stereocenters. The van der Waals surface area contributed by atoms with E-state index in [1.165, 1.54) is 0 Å². The number of aromatic nitrogens is 1. The van der Waals surface area contributed by atoms with Gasteiger partial charge in [0.05, 0.1) is 5.60 Å². The van der Waals surface area contributed by atoms with Crippen molar-refractivity contribution in [1.29, 1.82) is 0 Å². The lowest BCUT2D eigenvalue weighted by molar-refractivity contribution is -0.121. The zero-order valence-electron chi connectivity index (χ0n) is 15.8. The number of benzene rings is 1. The predicted octanol–water partition coefficient (Wildman–Crippen LogP) is 4.00. The third kappa shape index (κ3) is 2.50. The van der Waals surface area contributed by atoms with Crippen LogP contribution in [0.2, 0.25) is 0 Å². The maximum atomic E-state index is 14.8. The highest BCUT2D eigenvalue weighted by Crippen LogP contribution is 2.58. The van der Waals surface area contributed by atoms with Gasteiger partial charge in [0.1, 0.15) is 5.82 Å². The molecule has 0 radical (unpaired) electrons. The van der Waals surface area contributed by atoms with E-state index in [0.29, 0.717) is 12.0 Å². The second kappa shape index (κ2) is 6.14. The molecule has 4 rings (SSSR count). The van der Waals surface area contributed by atoms with Gasteiger partial charge in [-0.05, 0) is 85.8 Å². The zero-order valence-corrected chi connectivity index (χ0v) is 15.8. The number of rotatable bonds is 2. The maximum Gasteiger partial charge on any atom is 0.126 e. The molecule has 1 aliphatic heterocycles. The average Bonchev–Trinajstić information content (AvgIpc) is 2.85. The van der Waals surface area contributed by atoms with Gasteiger partial charge in [-0.15, -0.1) is 0 Å². The van der Waals surface area contributed by atoms with Crippen molar-refractivity contribution in [3.05, 3.63) is 53.6 Å². The zero-order chi connectivity index (χ0) is 18.5. The monoisotopic (exact) mass is 354 g/mol. The SMILES string of the molecule is CN1CCC(C2(O)c3c(-c4ccncc4)ccc(F)c3CC2(C)C)CC1. The fourth-order valence-corrected chi connectivity index (χ4v) is 5.10. The summed E-state index contributed by atoms with van der Waals surface area (Å²) in [4.78, 5) is 6.41. The number of hydrogen-bond acceptors (Lipinski definition) is 3. The summed E-state index contributed by atoms with van der Waals surface area (Å²) < 4.78 is 14.8. The van der Waals surface area contributed by atoms with Crippen LogP contribution in [0.1, 0.15) is 37.8 Å². The first-order valence-corrected chi connectivity index (χ1v) is 9.48. The topological polar surface area (TPSA) is 36.4 Å². The van der Waals surface area contributed by atoms with Gasteiger partial charge in [0.15, 0.2) is 0 Å².